The third-order valence-corrected chi connectivity index (χ3v) is 10.6. The standard InChI is InChI=1S/C44H50N2/c1-5-10-36-11-9-14-40(32-36)39-15-19-41(20-16-39)44(24-23-35(4)45-42-30-33(2)29-34(3)31-42)25-27-46(28-26-44)43-21-17-38(18-22-43)37-12-7-6-8-13-37/h6-9,11-16,19-20,29-32,38,43,45H,4,17-18,21-28H2,1-3H3. The lowest BCUT2D eigenvalue weighted by molar-refractivity contribution is 0.0855. The maximum atomic E-state index is 4.48. The lowest BCUT2D eigenvalue weighted by atomic mass is 9.69. The molecule has 236 valence electrons. The van der Waals surface area contributed by atoms with Gasteiger partial charge < -0.3 is 10.2 Å². The van der Waals surface area contributed by atoms with E-state index in [1.807, 2.05) is 6.92 Å². The average Bonchev–Trinajstić information content (AvgIpc) is 3.08. The van der Waals surface area contributed by atoms with Crippen molar-refractivity contribution in [3.05, 3.63) is 137 Å². The molecule has 2 aliphatic rings. The van der Waals surface area contributed by atoms with Crippen molar-refractivity contribution in [2.24, 2.45) is 0 Å². The Hall–Kier alpha value is -4.06. The van der Waals surface area contributed by atoms with Crippen LogP contribution in [-0.4, -0.2) is 24.0 Å². The van der Waals surface area contributed by atoms with Crippen LogP contribution in [0.3, 0.4) is 0 Å². The van der Waals surface area contributed by atoms with E-state index in [1.54, 1.807) is 0 Å². The van der Waals surface area contributed by atoms with E-state index in [1.165, 1.54) is 85.0 Å². The number of hydrogen-bond donors (Lipinski definition) is 1. The molecule has 2 heteroatoms. The van der Waals surface area contributed by atoms with Crippen molar-refractivity contribution in [3.8, 4) is 23.0 Å². The molecule has 46 heavy (non-hydrogen) atoms. The minimum Gasteiger partial charge on any atom is -0.359 e. The van der Waals surface area contributed by atoms with Crippen LogP contribution in [0.1, 0.15) is 92.0 Å². The zero-order chi connectivity index (χ0) is 31.9. The highest BCUT2D eigenvalue weighted by Gasteiger charge is 2.38. The Morgan fingerprint density at radius 2 is 1.50 bits per heavy atom. The Labute approximate surface area is 278 Å². The smallest absolute Gasteiger partial charge is 0.0386 e. The molecule has 0 unspecified atom stereocenters. The number of nitrogens with zero attached hydrogens (tertiary/aromatic N) is 1. The Morgan fingerprint density at radius 1 is 0.804 bits per heavy atom. The van der Waals surface area contributed by atoms with Crippen molar-refractivity contribution in [2.75, 3.05) is 18.4 Å². The molecule has 4 aromatic rings. The maximum absolute atomic E-state index is 4.48. The minimum atomic E-state index is 0.152. The predicted molar refractivity (Wildman–Crippen MR) is 196 cm³/mol. The van der Waals surface area contributed by atoms with Crippen LogP contribution in [0, 0.1) is 25.7 Å². The van der Waals surface area contributed by atoms with Crippen LogP contribution in [-0.2, 0) is 5.41 Å². The van der Waals surface area contributed by atoms with Gasteiger partial charge in [-0.2, -0.15) is 0 Å². The number of rotatable bonds is 9. The second kappa shape index (κ2) is 14.6. The van der Waals surface area contributed by atoms with E-state index in [-0.39, 0.29) is 5.41 Å². The van der Waals surface area contributed by atoms with Gasteiger partial charge in [0.25, 0.3) is 0 Å². The third-order valence-electron chi connectivity index (χ3n) is 10.6. The highest BCUT2D eigenvalue weighted by molar-refractivity contribution is 5.66. The van der Waals surface area contributed by atoms with Crippen LogP contribution in [0.25, 0.3) is 11.1 Å². The fourth-order valence-corrected chi connectivity index (χ4v) is 8.14. The van der Waals surface area contributed by atoms with E-state index in [4.69, 9.17) is 0 Å². The summed E-state index contributed by atoms with van der Waals surface area (Å²) in [7, 11) is 0. The first kappa shape index (κ1) is 31.9. The Bertz CT molecular complexity index is 1650. The third kappa shape index (κ3) is 7.66. The normalized spacial score (nSPS) is 19.5. The zero-order valence-corrected chi connectivity index (χ0v) is 28.1. The van der Waals surface area contributed by atoms with Crippen LogP contribution in [0.5, 0.6) is 0 Å². The molecule has 0 bridgehead atoms. The van der Waals surface area contributed by atoms with Crippen LogP contribution < -0.4 is 5.32 Å². The van der Waals surface area contributed by atoms with E-state index in [2.05, 4.69) is 140 Å². The van der Waals surface area contributed by atoms with Crippen molar-refractivity contribution in [2.45, 2.75) is 89.5 Å². The molecule has 0 aromatic heterocycles. The molecular formula is C44H50N2. The SMILES string of the molecule is C=C(CCC1(c2ccc(-c3cccc(C#CC)c3)cc2)CCN(C2CCC(c3ccccc3)CC2)CC1)Nc1cc(C)cc(C)c1. The van der Waals surface area contributed by atoms with Gasteiger partial charge in [0.05, 0.1) is 0 Å². The van der Waals surface area contributed by atoms with Crippen molar-refractivity contribution in [3.63, 3.8) is 0 Å². The number of aryl methyl sites for hydroxylation is 2. The van der Waals surface area contributed by atoms with Gasteiger partial charge in [-0.05, 0) is 154 Å². The fraction of sp³-hybridized carbons (Fsp3) is 0.364. The summed E-state index contributed by atoms with van der Waals surface area (Å²) in [6, 6.07) is 36.6. The first-order valence-corrected chi connectivity index (χ1v) is 17.4. The van der Waals surface area contributed by atoms with Crippen LogP contribution in [0.4, 0.5) is 5.69 Å². The highest BCUT2D eigenvalue weighted by atomic mass is 15.2. The molecule has 0 spiro atoms. The molecule has 6 rings (SSSR count). The van der Waals surface area contributed by atoms with Gasteiger partial charge >= 0.3 is 0 Å². The van der Waals surface area contributed by atoms with Gasteiger partial charge in [0.1, 0.15) is 0 Å². The number of piperidine rings is 1. The predicted octanol–water partition coefficient (Wildman–Crippen LogP) is 10.8. The van der Waals surface area contributed by atoms with E-state index in [0.29, 0.717) is 0 Å². The molecule has 1 aliphatic heterocycles. The first-order chi connectivity index (χ1) is 22.4. The van der Waals surface area contributed by atoms with Gasteiger partial charge in [-0.15, -0.1) is 5.92 Å². The molecule has 1 N–H and O–H groups in total. The van der Waals surface area contributed by atoms with Gasteiger partial charge in [0.15, 0.2) is 0 Å². The first-order valence-electron chi connectivity index (χ1n) is 17.4. The number of anilines is 1. The zero-order valence-electron chi connectivity index (χ0n) is 28.1. The molecule has 1 saturated carbocycles. The molecule has 4 aromatic carbocycles. The average molecular weight is 607 g/mol. The van der Waals surface area contributed by atoms with Crippen molar-refractivity contribution in [1.82, 2.24) is 4.90 Å². The number of nitrogens with one attached hydrogen (secondary N) is 1. The summed E-state index contributed by atoms with van der Waals surface area (Å²) in [5.41, 5.74) is 11.5. The monoisotopic (exact) mass is 606 g/mol. The number of hydrogen-bond acceptors (Lipinski definition) is 2. The Balaban J connectivity index is 1.16. The van der Waals surface area contributed by atoms with Crippen molar-refractivity contribution >= 4 is 5.69 Å². The Morgan fingerprint density at radius 3 is 2.17 bits per heavy atom. The molecular weight excluding hydrogens is 556 g/mol. The molecule has 1 heterocycles. The summed E-state index contributed by atoms with van der Waals surface area (Å²) in [5.74, 6) is 6.97. The van der Waals surface area contributed by atoms with Gasteiger partial charge in [-0.3, -0.25) is 0 Å². The summed E-state index contributed by atoms with van der Waals surface area (Å²) in [4.78, 5) is 2.83. The van der Waals surface area contributed by atoms with Crippen molar-refractivity contribution in [1.29, 1.82) is 0 Å². The fourth-order valence-electron chi connectivity index (χ4n) is 8.14. The largest absolute Gasteiger partial charge is 0.359 e. The van der Waals surface area contributed by atoms with Gasteiger partial charge in [0.2, 0.25) is 0 Å². The van der Waals surface area contributed by atoms with Gasteiger partial charge in [-0.25, -0.2) is 0 Å². The number of benzene rings is 4. The van der Waals surface area contributed by atoms with Gasteiger partial charge in [0, 0.05) is 23.0 Å². The summed E-state index contributed by atoms with van der Waals surface area (Å²) < 4.78 is 0. The molecule has 2 nitrogen and oxygen atoms in total. The van der Waals surface area contributed by atoms with Crippen LogP contribution >= 0.6 is 0 Å². The summed E-state index contributed by atoms with van der Waals surface area (Å²) in [6.45, 7) is 13.1. The van der Waals surface area contributed by atoms with E-state index in [0.717, 1.165) is 41.7 Å². The summed E-state index contributed by atoms with van der Waals surface area (Å²) >= 11 is 0. The van der Waals surface area contributed by atoms with Crippen molar-refractivity contribution < 1.29 is 0 Å². The molecule has 1 saturated heterocycles. The van der Waals surface area contributed by atoms with E-state index >= 15 is 0 Å². The molecule has 2 fully saturated rings. The van der Waals surface area contributed by atoms with E-state index in [9.17, 15) is 0 Å². The Kier molecular flexibility index (Phi) is 10.1. The highest BCUT2D eigenvalue weighted by Crippen LogP contribution is 2.43. The molecule has 0 atom stereocenters. The van der Waals surface area contributed by atoms with Crippen LogP contribution in [0.2, 0.25) is 0 Å². The maximum Gasteiger partial charge on any atom is 0.0386 e. The van der Waals surface area contributed by atoms with E-state index < -0.39 is 0 Å². The van der Waals surface area contributed by atoms with Gasteiger partial charge in [-0.1, -0.05) is 85.3 Å². The minimum absolute atomic E-state index is 0.152. The topological polar surface area (TPSA) is 15.3 Å². The summed E-state index contributed by atoms with van der Waals surface area (Å²) in [6.07, 6.45) is 9.73. The van der Waals surface area contributed by atoms with Crippen LogP contribution in [0.15, 0.2) is 109 Å². The molecule has 0 amide bonds. The molecule has 1 aliphatic carbocycles. The second-order valence-electron chi connectivity index (χ2n) is 13.9. The number of likely N-dealkylation sites (tertiary alicyclic amines) is 1. The number of allylic oxidation sites excluding steroid dienone is 1. The lowest BCUT2D eigenvalue weighted by Gasteiger charge is -2.46. The lowest BCUT2D eigenvalue weighted by Crippen LogP contribution is -2.48. The second-order valence-corrected chi connectivity index (χ2v) is 13.9. The molecule has 0 radical (unpaired) electrons. The summed E-state index contributed by atoms with van der Waals surface area (Å²) in [5, 5.41) is 3.64. The quantitative estimate of drug-likeness (QED) is 0.191.